The normalized spacial score (nSPS) is 11.8. The third-order valence-corrected chi connectivity index (χ3v) is 3.52. The first-order valence-corrected chi connectivity index (χ1v) is 6.03. The molecular formula is C8H11N5O2S. The van der Waals surface area contributed by atoms with Crippen LogP contribution in [0.3, 0.4) is 0 Å². The minimum absolute atomic E-state index is 0.120. The van der Waals surface area contributed by atoms with Gasteiger partial charge in [-0.2, -0.15) is 10.2 Å². The van der Waals surface area contributed by atoms with Gasteiger partial charge >= 0.3 is 0 Å². The lowest BCUT2D eigenvalue weighted by Gasteiger charge is -2.04. The van der Waals surface area contributed by atoms with Gasteiger partial charge in [-0.3, -0.25) is 9.78 Å². The van der Waals surface area contributed by atoms with Crippen molar-refractivity contribution < 1.29 is 8.42 Å². The molecular weight excluding hydrogens is 230 g/mol. The number of aromatic nitrogens is 4. The van der Waals surface area contributed by atoms with Crippen LogP contribution in [-0.2, 0) is 23.6 Å². The number of H-pyrrole nitrogens is 1. The van der Waals surface area contributed by atoms with Gasteiger partial charge in [0.15, 0.2) is 0 Å². The third-order valence-electron chi connectivity index (χ3n) is 2.15. The van der Waals surface area contributed by atoms with Crippen LogP contribution in [0.1, 0.15) is 5.69 Å². The van der Waals surface area contributed by atoms with E-state index in [2.05, 4.69) is 20.0 Å². The second kappa shape index (κ2) is 4.06. The van der Waals surface area contributed by atoms with E-state index in [1.807, 2.05) is 0 Å². The number of rotatable bonds is 4. The van der Waals surface area contributed by atoms with Crippen molar-refractivity contribution in [3.63, 3.8) is 0 Å². The predicted molar refractivity (Wildman–Crippen MR) is 55.8 cm³/mol. The van der Waals surface area contributed by atoms with Crippen molar-refractivity contribution in [2.45, 2.75) is 11.4 Å². The molecule has 2 N–H and O–H groups in total. The van der Waals surface area contributed by atoms with E-state index in [0.717, 1.165) is 5.69 Å². The average molecular weight is 241 g/mol. The highest BCUT2D eigenvalue weighted by Gasteiger charge is 2.15. The Labute approximate surface area is 92.5 Å². The van der Waals surface area contributed by atoms with Gasteiger partial charge in [-0.15, -0.1) is 0 Å². The minimum atomic E-state index is -3.49. The number of aryl methyl sites for hydroxylation is 1. The van der Waals surface area contributed by atoms with Crippen molar-refractivity contribution in [3.05, 3.63) is 30.4 Å². The summed E-state index contributed by atoms with van der Waals surface area (Å²) in [6.45, 7) is 0.198. The number of nitrogens with one attached hydrogen (secondary N) is 2. The van der Waals surface area contributed by atoms with Crippen LogP contribution in [0.5, 0.6) is 0 Å². The molecule has 0 aromatic carbocycles. The van der Waals surface area contributed by atoms with Gasteiger partial charge in [0, 0.05) is 19.4 Å². The summed E-state index contributed by atoms with van der Waals surface area (Å²) in [6.07, 6.45) is 4.19. The lowest BCUT2D eigenvalue weighted by Crippen LogP contribution is -2.24. The number of aromatic amines is 1. The van der Waals surface area contributed by atoms with E-state index < -0.39 is 10.0 Å². The van der Waals surface area contributed by atoms with E-state index in [1.54, 1.807) is 24.0 Å². The van der Waals surface area contributed by atoms with E-state index in [1.165, 1.54) is 12.4 Å². The molecule has 0 radical (unpaired) electrons. The zero-order valence-electron chi connectivity index (χ0n) is 8.58. The van der Waals surface area contributed by atoms with Crippen molar-refractivity contribution in [2.75, 3.05) is 0 Å². The molecule has 2 rings (SSSR count). The molecule has 0 aliphatic heterocycles. The molecule has 0 spiro atoms. The second-order valence-electron chi connectivity index (χ2n) is 3.20. The molecule has 0 atom stereocenters. The average Bonchev–Trinajstić information content (AvgIpc) is 2.85. The summed E-state index contributed by atoms with van der Waals surface area (Å²) in [4.78, 5) is 0.120. The molecule has 0 saturated heterocycles. The molecule has 0 saturated carbocycles. The van der Waals surface area contributed by atoms with Crippen LogP contribution in [0.2, 0.25) is 0 Å². The summed E-state index contributed by atoms with van der Waals surface area (Å²) < 4.78 is 27.5. The lowest BCUT2D eigenvalue weighted by atomic mass is 10.4. The highest BCUT2D eigenvalue weighted by molar-refractivity contribution is 7.89. The molecule has 0 aliphatic rings. The largest absolute Gasteiger partial charge is 0.284 e. The van der Waals surface area contributed by atoms with Gasteiger partial charge in [0.25, 0.3) is 0 Å². The van der Waals surface area contributed by atoms with Crippen molar-refractivity contribution >= 4 is 10.0 Å². The number of hydrogen-bond acceptors (Lipinski definition) is 4. The molecule has 7 nitrogen and oxygen atoms in total. The Hall–Kier alpha value is -1.67. The van der Waals surface area contributed by atoms with Gasteiger partial charge in [0.05, 0.1) is 18.4 Å². The first kappa shape index (κ1) is 10.8. The van der Waals surface area contributed by atoms with Crippen molar-refractivity contribution in [2.24, 2.45) is 7.05 Å². The van der Waals surface area contributed by atoms with Crippen molar-refractivity contribution in [1.82, 2.24) is 24.7 Å². The van der Waals surface area contributed by atoms with Gasteiger partial charge in [0.2, 0.25) is 10.0 Å². The third kappa shape index (κ3) is 2.12. The summed E-state index contributed by atoms with van der Waals surface area (Å²) >= 11 is 0. The molecule has 2 heterocycles. The monoisotopic (exact) mass is 241 g/mol. The second-order valence-corrected chi connectivity index (χ2v) is 4.97. The van der Waals surface area contributed by atoms with Gasteiger partial charge in [0.1, 0.15) is 4.90 Å². The van der Waals surface area contributed by atoms with Gasteiger partial charge in [-0.1, -0.05) is 0 Å². The quantitative estimate of drug-likeness (QED) is 0.763. The molecule has 0 fully saturated rings. The Morgan fingerprint density at radius 3 is 2.94 bits per heavy atom. The zero-order chi connectivity index (χ0) is 11.6. The van der Waals surface area contributed by atoms with Gasteiger partial charge in [-0.25, -0.2) is 13.1 Å². The Kier molecular flexibility index (Phi) is 2.75. The topological polar surface area (TPSA) is 92.7 Å². The number of hydrogen-bond donors (Lipinski definition) is 2. The molecule has 2 aromatic heterocycles. The van der Waals surface area contributed by atoms with E-state index in [-0.39, 0.29) is 11.4 Å². The van der Waals surface area contributed by atoms with Crippen LogP contribution in [0.25, 0.3) is 0 Å². The predicted octanol–water partition coefficient (Wildman–Crippen LogP) is -0.378. The maximum absolute atomic E-state index is 11.7. The van der Waals surface area contributed by atoms with Crippen LogP contribution in [0.15, 0.2) is 29.6 Å². The lowest BCUT2D eigenvalue weighted by molar-refractivity contribution is 0.577. The maximum atomic E-state index is 11.7. The van der Waals surface area contributed by atoms with E-state index in [4.69, 9.17) is 0 Å². The Balaban J connectivity index is 2.09. The molecule has 8 heteroatoms. The van der Waals surface area contributed by atoms with E-state index in [9.17, 15) is 8.42 Å². The Morgan fingerprint density at radius 1 is 1.56 bits per heavy atom. The highest BCUT2D eigenvalue weighted by Crippen LogP contribution is 2.05. The van der Waals surface area contributed by atoms with Crippen LogP contribution in [0, 0.1) is 0 Å². The Morgan fingerprint density at radius 2 is 2.38 bits per heavy atom. The van der Waals surface area contributed by atoms with Crippen LogP contribution in [0.4, 0.5) is 0 Å². The SMILES string of the molecule is Cn1nccc1CNS(=O)(=O)c1cn[nH]c1. The van der Waals surface area contributed by atoms with E-state index in [0.29, 0.717) is 0 Å². The Bertz CT molecular complexity index is 557. The summed E-state index contributed by atoms with van der Waals surface area (Å²) in [7, 11) is -1.74. The zero-order valence-corrected chi connectivity index (χ0v) is 9.40. The fourth-order valence-electron chi connectivity index (χ4n) is 1.21. The van der Waals surface area contributed by atoms with Gasteiger partial charge < -0.3 is 0 Å². The number of sulfonamides is 1. The summed E-state index contributed by atoms with van der Waals surface area (Å²) in [5.74, 6) is 0. The van der Waals surface area contributed by atoms with Crippen LogP contribution >= 0.6 is 0 Å². The first-order chi connectivity index (χ1) is 7.59. The van der Waals surface area contributed by atoms with E-state index >= 15 is 0 Å². The molecule has 0 aliphatic carbocycles. The van der Waals surface area contributed by atoms with Crippen LogP contribution in [-0.4, -0.2) is 28.4 Å². The van der Waals surface area contributed by atoms with Crippen molar-refractivity contribution in [1.29, 1.82) is 0 Å². The molecule has 86 valence electrons. The smallest absolute Gasteiger partial charge is 0.244 e. The maximum Gasteiger partial charge on any atom is 0.244 e. The molecule has 0 bridgehead atoms. The fourth-order valence-corrected chi connectivity index (χ4v) is 2.12. The molecule has 0 unspecified atom stereocenters. The first-order valence-electron chi connectivity index (χ1n) is 4.55. The standard InChI is InChI=1S/C8H11N5O2S/c1-13-7(2-3-11-13)4-12-16(14,15)8-5-9-10-6-8/h2-3,5-6,12H,4H2,1H3,(H,9,10). The van der Waals surface area contributed by atoms with Crippen molar-refractivity contribution in [3.8, 4) is 0 Å². The highest BCUT2D eigenvalue weighted by atomic mass is 32.2. The van der Waals surface area contributed by atoms with Crippen LogP contribution < -0.4 is 4.72 Å². The summed E-state index contributed by atoms with van der Waals surface area (Å²) in [6, 6.07) is 1.75. The van der Waals surface area contributed by atoms with Gasteiger partial charge in [-0.05, 0) is 6.07 Å². The number of nitrogens with zero attached hydrogens (tertiary/aromatic N) is 3. The summed E-state index contributed by atoms with van der Waals surface area (Å²) in [5.41, 5.74) is 0.784. The molecule has 2 aromatic rings. The molecule has 0 amide bonds. The summed E-state index contributed by atoms with van der Waals surface area (Å²) in [5, 5.41) is 9.99. The minimum Gasteiger partial charge on any atom is -0.284 e. The fraction of sp³-hybridized carbons (Fsp3) is 0.250. The molecule has 16 heavy (non-hydrogen) atoms.